The molecule has 0 atom stereocenters. The van der Waals surface area contributed by atoms with Gasteiger partial charge in [0.05, 0.1) is 12.1 Å². The molecule has 6 heteroatoms. The lowest BCUT2D eigenvalue weighted by molar-refractivity contribution is -0.132. The SMILES string of the molecule is Cc1cc(CC(=O)N2CCN(CCc3c[nH]c4ccccc34)CC2)no1. The zero-order chi connectivity index (χ0) is 17.9. The molecule has 0 radical (unpaired) electrons. The fourth-order valence-electron chi connectivity index (χ4n) is 3.61. The Morgan fingerprint density at radius 1 is 1.23 bits per heavy atom. The summed E-state index contributed by atoms with van der Waals surface area (Å²) in [4.78, 5) is 20.1. The number of aryl methyl sites for hydroxylation is 1. The number of para-hydroxylation sites is 1. The molecule has 3 aromatic rings. The van der Waals surface area contributed by atoms with E-state index in [-0.39, 0.29) is 5.91 Å². The maximum absolute atomic E-state index is 12.4. The van der Waals surface area contributed by atoms with Crippen molar-refractivity contribution >= 4 is 16.8 Å². The van der Waals surface area contributed by atoms with Crippen molar-refractivity contribution in [1.82, 2.24) is 19.9 Å². The number of carbonyl (C=O) groups excluding carboxylic acids is 1. The second kappa shape index (κ2) is 7.33. The van der Waals surface area contributed by atoms with Gasteiger partial charge in [-0.2, -0.15) is 0 Å². The molecule has 1 saturated heterocycles. The van der Waals surface area contributed by atoms with Gasteiger partial charge in [-0.3, -0.25) is 9.69 Å². The Bertz CT molecular complexity index is 890. The third-order valence-corrected chi connectivity index (χ3v) is 5.11. The minimum Gasteiger partial charge on any atom is -0.361 e. The molecule has 0 unspecified atom stereocenters. The summed E-state index contributed by atoms with van der Waals surface area (Å²) in [6.07, 6.45) is 3.47. The molecule has 0 aliphatic carbocycles. The molecule has 1 aliphatic heterocycles. The number of nitrogens with one attached hydrogen (secondary N) is 1. The van der Waals surface area contributed by atoms with E-state index in [0.29, 0.717) is 12.1 Å². The van der Waals surface area contributed by atoms with Gasteiger partial charge in [0.15, 0.2) is 0 Å². The number of H-pyrrole nitrogens is 1. The summed E-state index contributed by atoms with van der Waals surface area (Å²) in [7, 11) is 0. The van der Waals surface area contributed by atoms with E-state index in [1.54, 1.807) is 0 Å². The molecule has 0 saturated carbocycles. The number of hydrogen-bond donors (Lipinski definition) is 1. The predicted molar refractivity (Wildman–Crippen MR) is 100.0 cm³/mol. The lowest BCUT2D eigenvalue weighted by Crippen LogP contribution is -2.49. The summed E-state index contributed by atoms with van der Waals surface area (Å²) >= 11 is 0. The number of amides is 1. The van der Waals surface area contributed by atoms with Crippen LogP contribution in [-0.4, -0.2) is 58.6 Å². The molecular weight excluding hydrogens is 328 g/mol. The van der Waals surface area contributed by atoms with Crippen LogP contribution in [0.25, 0.3) is 10.9 Å². The van der Waals surface area contributed by atoms with Crippen molar-refractivity contribution in [1.29, 1.82) is 0 Å². The summed E-state index contributed by atoms with van der Waals surface area (Å²) in [5.41, 5.74) is 3.27. The van der Waals surface area contributed by atoms with E-state index >= 15 is 0 Å². The molecule has 3 heterocycles. The molecule has 1 aliphatic rings. The highest BCUT2D eigenvalue weighted by molar-refractivity contribution is 5.83. The highest BCUT2D eigenvalue weighted by Gasteiger charge is 2.22. The van der Waals surface area contributed by atoms with Gasteiger partial charge >= 0.3 is 0 Å². The van der Waals surface area contributed by atoms with Gasteiger partial charge in [-0.05, 0) is 25.0 Å². The van der Waals surface area contributed by atoms with E-state index in [1.165, 1.54) is 16.5 Å². The molecule has 1 amide bonds. The van der Waals surface area contributed by atoms with Crippen LogP contribution in [0, 0.1) is 6.92 Å². The monoisotopic (exact) mass is 352 g/mol. The lowest BCUT2D eigenvalue weighted by atomic mass is 10.1. The first-order valence-electron chi connectivity index (χ1n) is 9.16. The van der Waals surface area contributed by atoms with Gasteiger partial charge in [0.1, 0.15) is 5.76 Å². The quantitative estimate of drug-likeness (QED) is 0.766. The molecule has 1 N–H and O–H groups in total. The van der Waals surface area contributed by atoms with Crippen LogP contribution in [0.15, 0.2) is 41.1 Å². The van der Waals surface area contributed by atoms with Crippen molar-refractivity contribution in [2.24, 2.45) is 0 Å². The molecule has 1 fully saturated rings. The fourth-order valence-corrected chi connectivity index (χ4v) is 3.61. The predicted octanol–water partition coefficient (Wildman–Crippen LogP) is 2.39. The normalized spacial score (nSPS) is 15.7. The zero-order valence-electron chi connectivity index (χ0n) is 15.1. The number of nitrogens with zero attached hydrogens (tertiary/aromatic N) is 3. The molecule has 4 rings (SSSR count). The number of rotatable bonds is 5. The Kier molecular flexibility index (Phi) is 4.75. The van der Waals surface area contributed by atoms with Crippen LogP contribution >= 0.6 is 0 Å². The molecule has 0 bridgehead atoms. The van der Waals surface area contributed by atoms with Gasteiger partial charge in [-0.25, -0.2) is 0 Å². The number of fused-ring (bicyclic) bond motifs is 1. The summed E-state index contributed by atoms with van der Waals surface area (Å²) in [6, 6.07) is 10.2. The number of piperazine rings is 1. The number of hydrogen-bond acceptors (Lipinski definition) is 4. The smallest absolute Gasteiger partial charge is 0.228 e. The standard InChI is InChI=1S/C20H24N4O2/c1-15-12-17(22-26-15)13-20(25)24-10-8-23(9-11-24)7-6-16-14-21-19-5-3-2-4-18(16)19/h2-5,12,14,21H,6-11,13H2,1H3. The van der Waals surface area contributed by atoms with Crippen molar-refractivity contribution in [2.45, 2.75) is 19.8 Å². The minimum atomic E-state index is 0.134. The van der Waals surface area contributed by atoms with Crippen LogP contribution in [0.4, 0.5) is 0 Å². The van der Waals surface area contributed by atoms with Gasteiger partial charge in [-0.15, -0.1) is 0 Å². The van der Waals surface area contributed by atoms with Gasteiger partial charge in [0.2, 0.25) is 5.91 Å². The van der Waals surface area contributed by atoms with E-state index in [1.807, 2.05) is 17.9 Å². The van der Waals surface area contributed by atoms with Crippen LogP contribution in [-0.2, 0) is 17.6 Å². The number of aromatic amines is 1. The van der Waals surface area contributed by atoms with Crippen molar-refractivity contribution in [3.63, 3.8) is 0 Å². The van der Waals surface area contributed by atoms with E-state index in [9.17, 15) is 4.79 Å². The first-order chi connectivity index (χ1) is 12.7. The van der Waals surface area contributed by atoms with Crippen LogP contribution in [0.2, 0.25) is 0 Å². The second-order valence-corrected chi connectivity index (χ2v) is 6.94. The Morgan fingerprint density at radius 3 is 2.81 bits per heavy atom. The Hall–Kier alpha value is -2.60. The average Bonchev–Trinajstić information content (AvgIpc) is 3.26. The third kappa shape index (κ3) is 3.65. The average molecular weight is 352 g/mol. The molecule has 136 valence electrons. The minimum absolute atomic E-state index is 0.134. The highest BCUT2D eigenvalue weighted by Crippen LogP contribution is 2.18. The van der Waals surface area contributed by atoms with Gasteiger partial charge in [0.25, 0.3) is 0 Å². The number of carbonyl (C=O) groups is 1. The summed E-state index contributed by atoms with van der Waals surface area (Å²) in [6.45, 7) is 6.27. The van der Waals surface area contributed by atoms with Crippen LogP contribution in [0.1, 0.15) is 17.0 Å². The maximum Gasteiger partial charge on any atom is 0.228 e. The first kappa shape index (κ1) is 16.8. The van der Waals surface area contributed by atoms with Crippen LogP contribution in [0.5, 0.6) is 0 Å². The molecule has 6 nitrogen and oxygen atoms in total. The largest absolute Gasteiger partial charge is 0.361 e. The summed E-state index contributed by atoms with van der Waals surface area (Å²) in [5, 5.41) is 5.22. The van der Waals surface area contributed by atoms with Gasteiger partial charge < -0.3 is 14.4 Å². The first-order valence-corrected chi connectivity index (χ1v) is 9.16. The summed E-state index contributed by atoms with van der Waals surface area (Å²) < 4.78 is 5.04. The molecule has 1 aromatic carbocycles. The Labute approximate surface area is 152 Å². The van der Waals surface area contributed by atoms with E-state index < -0.39 is 0 Å². The van der Waals surface area contributed by atoms with Crippen molar-refractivity contribution in [3.05, 3.63) is 53.5 Å². The second-order valence-electron chi connectivity index (χ2n) is 6.94. The highest BCUT2D eigenvalue weighted by atomic mass is 16.5. The van der Waals surface area contributed by atoms with E-state index in [2.05, 4.69) is 45.5 Å². The third-order valence-electron chi connectivity index (χ3n) is 5.11. The van der Waals surface area contributed by atoms with Crippen molar-refractivity contribution < 1.29 is 9.32 Å². The molecule has 2 aromatic heterocycles. The zero-order valence-corrected chi connectivity index (χ0v) is 15.1. The van der Waals surface area contributed by atoms with E-state index in [4.69, 9.17) is 4.52 Å². The van der Waals surface area contributed by atoms with Crippen LogP contribution < -0.4 is 0 Å². The van der Waals surface area contributed by atoms with Crippen molar-refractivity contribution in [3.8, 4) is 0 Å². The van der Waals surface area contributed by atoms with Gasteiger partial charge in [-0.1, -0.05) is 23.4 Å². The summed E-state index contributed by atoms with van der Waals surface area (Å²) in [5.74, 6) is 0.879. The Morgan fingerprint density at radius 2 is 2.04 bits per heavy atom. The van der Waals surface area contributed by atoms with E-state index in [0.717, 1.165) is 44.9 Å². The fraction of sp³-hybridized carbons (Fsp3) is 0.400. The molecular formula is C20H24N4O2. The Balaban J connectivity index is 1.26. The lowest BCUT2D eigenvalue weighted by Gasteiger charge is -2.34. The van der Waals surface area contributed by atoms with Crippen LogP contribution in [0.3, 0.4) is 0 Å². The topological polar surface area (TPSA) is 65.4 Å². The molecule has 26 heavy (non-hydrogen) atoms. The number of benzene rings is 1. The van der Waals surface area contributed by atoms with Crippen molar-refractivity contribution in [2.75, 3.05) is 32.7 Å². The molecule has 0 spiro atoms. The van der Waals surface area contributed by atoms with Gasteiger partial charge in [0, 0.05) is 55.9 Å². The number of aromatic nitrogens is 2. The maximum atomic E-state index is 12.4.